The maximum Gasteiger partial charge on any atom is 0.225 e. The molecule has 1 unspecified atom stereocenters. The number of guanidine groups is 1. The lowest BCUT2D eigenvalue weighted by Gasteiger charge is -2.24. The average Bonchev–Trinajstić information content (AvgIpc) is 3.26. The highest BCUT2D eigenvalue weighted by Gasteiger charge is 2.24. The van der Waals surface area contributed by atoms with Gasteiger partial charge in [0, 0.05) is 48.5 Å². The van der Waals surface area contributed by atoms with Crippen molar-refractivity contribution in [2.24, 2.45) is 4.99 Å². The summed E-state index contributed by atoms with van der Waals surface area (Å²) in [6.45, 7) is 6.23. The van der Waals surface area contributed by atoms with E-state index in [1.54, 1.807) is 11.3 Å². The van der Waals surface area contributed by atoms with Crippen LogP contribution in [-0.2, 0) is 11.2 Å². The number of anilines is 1. The van der Waals surface area contributed by atoms with Gasteiger partial charge in [0.05, 0.1) is 12.2 Å². The average molecular weight is 448 g/mol. The number of nitrogens with one attached hydrogen (secondary N) is 3. The Kier molecular flexibility index (Phi) is 7.17. The molecule has 6 nitrogen and oxygen atoms in total. The number of carbonyl (C=O) groups is 1. The van der Waals surface area contributed by atoms with Crippen molar-refractivity contribution in [2.75, 3.05) is 25.0 Å². The molecule has 0 saturated carbocycles. The number of aliphatic imine (C=N–C) groups is 1. The van der Waals surface area contributed by atoms with Crippen molar-refractivity contribution < 1.29 is 4.79 Å². The molecule has 1 atom stereocenters. The van der Waals surface area contributed by atoms with Crippen molar-refractivity contribution in [1.82, 2.24) is 15.6 Å². The van der Waals surface area contributed by atoms with Gasteiger partial charge in [0.1, 0.15) is 5.01 Å². The van der Waals surface area contributed by atoms with Crippen LogP contribution in [0.4, 0.5) is 5.69 Å². The van der Waals surface area contributed by atoms with Crippen LogP contribution in [-0.4, -0.2) is 36.5 Å². The van der Waals surface area contributed by atoms with Crippen molar-refractivity contribution in [2.45, 2.75) is 32.6 Å². The number of aryl methyl sites for hydroxylation is 1. The van der Waals surface area contributed by atoms with Gasteiger partial charge in [-0.2, -0.15) is 0 Å². The van der Waals surface area contributed by atoms with E-state index in [4.69, 9.17) is 9.98 Å². The van der Waals surface area contributed by atoms with Crippen LogP contribution in [0.5, 0.6) is 0 Å². The standard InChI is InChI=1S/C25H29N5OS/c1-3-26-25(28-15-19-14-23(31)30-22-7-5-4-6-21(19)22)27-13-12-20-16-32-24(29-20)18-10-8-17(2)9-11-18/h4-11,16,19H,3,12-15H2,1-2H3,(H,30,31)(H2,26,27,28). The van der Waals surface area contributed by atoms with Gasteiger partial charge in [0.25, 0.3) is 0 Å². The lowest BCUT2D eigenvalue weighted by molar-refractivity contribution is -0.116. The molecular weight excluding hydrogens is 418 g/mol. The van der Waals surface area contributed by atoms with E-state index >= 15 is 0 Å². The van der Waals surface area contributed by atoms with Gasteiger partial charge in [-0.15, -0.1) is 11.3 Å². The van der Waals surface area contributed by atoms with Crippen molar-refractivity contribution in [1.29, 1.82) is 0 Å². The SMILES string of the molecule is CCNC(=NCC1CC(=O)Nc2ccccc21)NCCc1csc(-c2ccc(C)cc2)n1. The molecule has 3 N–H and O–H groups in total. The summed E-state index contributed by atoms with van der Waals surface area (Å²) in [7, 11) is 0. The first-order chi connectivity index (χ1) is 15.6. The number of hydrogen-bond donors (Lipinski definition) is 3. The second kappa shape index (κ2) is 10.4. The normalized spacial score (nSPS) is 15.8. The number of para-hydroxylation sites is 1. The number of amides is 1. The Labute approximate surface area is 193 Å². The van der Waals surface area contributed by atoms with E-state index in [0.717, 1.165) is 53.0 Å². The Morgan fingerprint density at radius 2 is 2.00 bits per heavy atom. The molecule has 0 fully saturated rings. The van der Waals surface area contributed by atoms with Gasteiger partial charge in [-0.1, -0.05) is 48.0 Å². The minimum absolute atomic E-state index is 0.0507. The first-order valence-corrected chi connectivity index (χ1v) is 11.9. The van der Waals surface area contributed by atoms with E-state index < -0.39 is 0 Å². The van der Waals surface area contributed by atoms with Crippen LogP contribution < -0.4 is 16.0 Å². The molecule has 0 saturated heterocycles. The van der Waals surface area contributed by atoms with Gasteiger partial charge in [0.15, 0.2) is 5.96 Å². The molecule has 1 amide bonds. The smallest absolute Gasteiger partial charge is 0.225 e. The lowest BCUT2D eigenvalue weighted by atomic mass is 9.91. The fourth-order valence-electron chi connectivity index (χ4n) is 3.77. The summed E-state index contributed by atoms with van der Waals surface area (Å²) in [6, 6.07) is 16.4. The molecule has 0 aliphatic carbocycles. The van der Waals surface area contributed by atoms with Gasteiger partial charge in [-0.3, -0.25) is 9.79 Å². The number of hydrogen-bond acceptors (Lipinski definition) is 4. The molecule has 166 valence electrons. The molecular formula is C25H29N5OS. The molecule has 2 aromatic carbocycles. The van der Waals surface area contributed by atoms with Gasteiger partial charge in [0.2, 0.25) is 5.91 Å². The summed E-state index contributed by atoms with van der Waals surface area (Å²) in [5.41, 5.74) is 5.54. The van der Waals surface area contributed by atoms with Crippen LogP contribution >= 0.6 is 11.3 Å². The maximum absolute atomic E-state index is 12.1. The number of carbonyl (C=O) groups excluding carboxylic acids is 1. The number of benzene rings is 2. The molecule has 1 aliphatic heterocycles. The van der Waals surface area contributed by atoms with Crippen molar-refractivity contribution in [3.63, 3.8) is 0 Å². The maximum atomic E-state index is 12.1. The molecule has 0 spiro atoms. The Morgan fingerprint density at radius 1 is 1.19 bits per heavy atom. The summed E-state index contributed by atoms with van der Waals surface area (Å²) in [6.07, 6.45) is 1.28. The van der Waals surface area contributed by atoms with Crippen LogP contribution in [0.25, 0.3) is 10.6 Å². The summed E-state index contributed by atoms with van der Waals surface area (Å²) in [5, 5.41) is 12.8. The Hall–Kier alpha value is -3.19. The first-order valence-electron chi connectivity index (χ1n) is 11.0. The molecule has 0 bridgehead atoms. The summed E-state index contributed by atoms with van der Waals surface area (Å²) >= 11 is 1.68. The molecule has 0 radical (unpaired) electrons. The third-order valence-corrected chi connectivity index (χ3v) is 6.38. The van der Waals surface area contributed by atoms with Crippen molar-refractivity contribution in [3.05, 3.63) is 70.7 Å². The second-order valence-electron chi connectivity index (χ2n) is 7.94. The van der Waals surface area contributed by atoms with E-state index in [-0.39, 0.29) is 11.8 Å². The van der Waals surface area contributed by atoms with Gasteiger partial charge in [-0.05, 0) is 25.5 Å². The molecule has 4 rings (SSSR count). The van der Waals surface area contributed by atoms with E-state index in [9.17, 15) is 4.79 Å². The monoisotopic (exact) mass is 447 g/mol. The fourth-order valence-corrected chi connectivity index (χ4v) is 4.63. The highest BCUT2D eigenvalue weighted by Crippen LogP contribution is 2.32. The minimum atomic E-state index is 0.0507. The minimum Gasteiger partial charge on any atom is -0.357 e. The highest BCUT2D eigenvalue weighted by atomic mass is 32.1. The van der Waals surface area contributed by atoms with Crippen molar-refractivity contribution >= 4 is 28.9 Å². The quantitative estimate of drug-likeness (QED) is 0.372. The van der Waals surface area contributed by atoms with Crippen LogP contribution in [0.2, 0.25) is 0 Å². The van der Waals surface area contributed by atoms with Crippen LogP contribution in [0, 0.1) is 6.92 Å². The van der Waals surface area contributed by atoms with E-state index in [2.05, 4.69) is 65.5 Å². The molecule has 1 aromatic heterocycles. The zero-order chi connectivity index (χ0) is 22.3. The zero-order valence-corrected chi connectivity index (χ0v) is 19.3. The Bertz CT molecular complexity index is 1090. The zero-order valence-electron chi connectivity index (χ0n) is 18.5. The van der Waals surface area contributed by atoms with E-state index in [1.165, 1.54) is 5.56 Å². The Balaban J connectivity index is 1.35. The second-order valence-corrected chi connectivity index (χ2v) is 8.80. The number of nitrogens with zero attached hydrogens (tertiary/aromatic N) is 2. The molecule has 32 heavy (non-hydrogen) atoms. The predicted molar refractivity (Wildman–Crippen MR) is 132 cm³/mol. The van der Waals surface area contributed by atoms with Crippen LogP contribution in [0.1, 0.15) is 36.1 Å². The first kappa shape index (κ1) is 22.0. The summed E-state index contributed by atoms with van der Waals surface area (Å²) in [4.78, 5) is 21.6. The van der Waals surface area contributed by atoms with Gasteiger partial charge < -0.3 is 16.0 Å². The third-order valence-electron chi connectivity index (χ3n) is 5.44. The number of rotatable bonds is 7. The molecule has 2 heterocycles. The summed E-state index contributed by atoms with van der Waals surface area (Å²) in [5.74, 6) is 0.908. The topological polar surface area (TPSA) is 78.4 Å². The Morgan fingerprint density at radius 3 is 2.81 bits per heavy atom. The largest absolute Gasteiger partial charge is 0.357 e. The number of thiazole rings is 1. The van der Waals surface area contributed by atoms with Crippen molar-refractivity contribution in [3.8, 4) is 10.6 Å². The van der Waals surface area contributed by atoms with E-state index in [0.29, 0.717) is 13.0 Å². The highest BCUT2D eigenvalue weighted by molar-refractivity contribution is 7.13. The third kappa shape index (κ3) is 5.53. The van der Waals surface area contributed by atoms with Gasteiger partial charge in [-0.25, -0.2) is 4.98 Å². The molecule has 7 heteroatoms. The lowest BCUT2D eigenvalue weighted by Crippen LogP contribution is -2.39. The molecule has 3 aromatic rings. The van der Waals surface area contributed by atoms with Crippen LogP contribution in [0.15, 0.2) is 58.9 Å². The molecule has 1 aliphatic rings. The number of fused-ring (bicyclic) bond motifs is 1. The summed E-state index contributed by atoms with van der Waals surface area (Å²) < 4.78 is 0. The predicted octanol–water partition coefficient (Wildman–Crippen LogP) is 4.34. The van der Waals surface area contributed by atoms with Crippen LogP contribution in [0.3, 0.4) is 0 Å². The van der Waals surface area contributed by atoms with E-state index in [1.807, 2.05) is 18.2 Å². The number of aromatic nitrogens is 1. The fraction of sp³-hybridized carbons (Fsp3) is 0.320. The van der Waals surface area contributed by atoms with Gasteiger partial charge >= 0.3 is 0 Å².